The predicted octanol–water partition coefficient (Wildman–Crippen LogP) is 9.66. The van der Waals surface area contributed by atoms with Gasteiger partial charge in [0.15, 0.2) is 0 Å². The first-order chi connectivity index (χ1) is 24.8. The number of esters is 2. The Bertz CT molecular complexity index is 2220. The molecule has 5 aromatic rings. The van der Waals surface area contributed by atoms with Crippen LogP contribution in [0.5, 0.6) is 0 Å². The lowest BCUT2D eigenvalue weighted by Crippen LogP contribution is -2.15. The zero-order chi connectivity index (χ0) is 36.9. The van der Waals surface area contributed by atoms with Gasteiger partial charge in [0.1, 0.15) is 0 Å². The first kappa shape index (κ1) is 34.9. The molecule has 2 aliphatic rings. The third-order valence-corrected chi connectivity index (χ3v) is 10.4. The van der Waals surface area contributed by atoms with E-state index in [1.807, 2.05) is 86.6 Å². The van der Waals surface area contributed by atoms with Gasteiger partial charge in [-0.1, -0.05) is 88.4 Å². The van der Waals surface area contributed by atoms with Gasteiger partial charge in [0.25, 0.3) is 0 Å². The van der Waals surface area contributed by atoms with E-state index in [9.17, 15) is 9.59 Å². The van der Waals surface area contributed by atoms with Gasteiger partial charge in [-0.15, -0.1) is 0 Å². The molecular weight excluding hydrogens is 649 g/mol. The number of carbonyl (C=O) groups is 2. The van der Waals surface area contributed by atoms with E-state index < -0.39 is 11.9 Å². The van der Waals surface area contributed by atoms with Gasteiger partial charge in [-0.25, -0.2) is 9.59 Å². The number of fused-ring (bicyclic) bond motifs is 8. The molecule has 0 spiro atoms. The van der Waals surface area contributed by atoms with Gasteiger partial charge in [0.05, 0.1) is 46.4 Å². The number of nitrogens with zero attached hydrogens (tertiary/aromatic N) is 2. The van der Waals surface area contributed by atoms with E-state index in [4.69, 9.17) is 19.4 Å². The zero-order valence-electron chi connectivity index (χ0n) is 31.3. The molecule has 0 atom stereocenters. The maximum absolute atomic E-state index is 14.0. The van der Waals surface area contributed by atoms with Gasteiger partial charge >= 0.3 is 11.9 Å². The molecule has 5 heterocycles. The van der Waals surface area contributed by atoms with Crippen LogP contribution < -0.4 is 0 Å². The zero-order valence-corrected chi connectivity index (χ0v) is 31.3. The average Bonchev–Trinajstić information content (AvgIpc) is 3.85. The fraction of sp³-hybridized carbons (Fsp3) is 0.318. The number of carbonyl (C=O) groups excluding carboxylic acids is 2. The molecule has 3 aromatic heterocycles. The van der Waals surface area contributed by atoms with E-state index in [-0.39, 0.29) is 24.0 Å². The Hall–Kier alpha value is -5.50. The smallest absolute Gasteiger partial charge is 0.340 e. The molecule has 2 aliphatic heterocycles. The number of nitrogens with one attached hydrogen (secondary N) is 2. The van der Waals surface area contributed by atoms with E-state index >= 15 is 0 Å². The Morgan fingerprint density at radius 3 is 1.35 bits per heavy atom. The number of hydrogen-bond donors (Lipinski definition) is 2. The molecule has 2 N–H and O–H groups in total. The highest BCUT2D eigenvalue weighted by atomic mass is 16.5. The Labute approximate surface area is 304 Å². The van der Waals surface area contributed by atoms with Crippen molar-refractivity contribution in [1.82, 2.24) is 19.9 Å². The fourth-order valence-electron chi connectivity index (χ4n) is 7.58. The largest absolute Gasteiger partial charge is 0.462 e. The van der Waals surface area contributed by atoms with E-state index in [0.717, 1.165) is 67.2 Å². The Morgan fingerprint density at radius 1 is 0.635 bits per heavy atom. The minimum absolute atomic E-state index is 0.249. The first-order valence-corrected chi connectivity index (χ1v) is 18.1. The van der Waals surface area contributed by atoms with Crippen molar-refractivity contribution in [3.63, 3.8) is 0 Å². The van der Waals surface area contributed by atoms with Crippen molar-refractivity contribution in [1.29, 1.82) is 0 Å². The maximum Gasteiger partial charge on any atom is 0.340 e. The van der Waals surface area contributed by atoms with Crippen molar-refractivity contribution in [3.8, 4) is 22.3 Å². The fourth-order valence-corrected chi connectivity index (χ4v) is 7.58. The van der Waals surface area contributed by atoms with Crippen molar-refractivity contribution in [2.45, 2.75) is 79.1 Å². The molecular formula is C44H46N4O4. The summed E-state index contributed by atoms with van der Waals surface area (Å²) in [6.07, 6.45) is 1.31. The Balaban J connectivity index is 1.72. The number of aromatic amines is 2. The number of aromatic nitrogens is 4. The molecule has 0 saturated heterocycles. The number of rotatable bonds is 6. The second kappa shape index (κ2) is 13.2. The Kier molecular flexibility index (Phi) is 8.89. The highest BCUT2D eigenvalue weighted by molar-refractivity contribution is 6.11. The summed E-state index contributed by atoms with van der Waals surface area (Å²) < 4.78 is 11.4. The van der Waals surface area contributed by atoms with Crippen LogP contribution in [0.4, 0.5) is 0 Å². The number of benzene rings is 2. The molecule has 8 bridgehead atoms. The SMILES string of the molecule is CCOC(=O)c1c(-c2ccccc2)c2[nH]c1cc1nc(c(C)c3[nH]c(cc4nc(c2C)CC4(C)C)c(C(=O)OCC)c3-c2ccccc2)CC1(C)C. The monoisotopic (exact) mass is 694 g/mol. The second-order valence-electron chi connectivity index (χ2n) is 15.0. The summed E-state index contributed by atoms with van der Waals surface area (Å²) in [4.78, 5) is 45.8. The molecule has 0 saturated carbocycles. The molecule has 0 amide bonds. The van der Waals surface area contributed by atoms with Gasteiger partial charge in [-0.2, -0.15) is 0 Å². The van der Waals surface area contributed by atoms with Gasteiger partial charge in [-0.3, -0.25) is 9.97 Å². The van der Waals surface area contributed by atoms with Crippen LogP contribution >= 0.6 is 0 Å². The number of H-pyrrole nitrogens is 2. The van der Waals surface area contributed by atoms with Crippen molar-refractivity contribution >= 4 is 34.0 Å². The number of aryl methyl sites for hydroxylation is 2. The molecule has 7 rings (SSSR count). The van der Waals surface area contributed by atoms with Crippen LogP contribution in [0.1, 0.15) is 96.2 Å². The highest BCUT2D eigenvalue weighted by Crippen LogP contribution is 2.41. The molecule has 0 unspecified atom stereocenters. The summed E-state index contributed by atoms with van der Waals surface area (Å²) in [6, 6.07) is 23.9. The lowest BCUT2D eigenvalue weighted by atomic mass is 9.85. The van der Waals surface area contributed by atoms with Crippen LogP contribution in [0.25, 0.3) is 44.3 Å². The molecule has 0 radical (unpaired) electrons. The lowest BCUT2D eigenvalue weighted by molar-refractivity contribution is 0.0520. The van der Waals surface area contributed by atoms with Crippen LogP contribution in [0.3, 0.4) is 0 Å². The molecule has 8 nitrogen and oxygen atoms in total. The van der Waals surface area contributed by atoms with Crippen LogP contribution in [-0.2, 0) is 33.1 Å². The summed E-state index contributed by atoms with van der Waals surface area (Å²) in [7, 11) is 0. The summed E-state index contributed by atoms with van der Waals surface area (Å²) in [5.41, 5.74) is 11.8. The average molecular weight is 695 g/mol. The highest BCUT2D eigenvalue weighted by Gasteiger charge is 2.34. The summed E-state index contributed by atoms with van der Waals surface area (Å²) in [6.45, 7) is 16.9. The molecule has 52 heavy (non-hydrogen) atoms. The van der Waals surface area contributed by atoms with Crippen molar-refractivity contribution in [2.24, 2.45) is 0 Å². The van der Waals surface area contributed by atoms with E-state index in [0.29, 0.717) is 35.0 Å². The normalized spacial score (nSPS) is 14.6. The standard InChI is InChI=1S/C44H46N4O4/c1-9-51-41(49)37-29-21-33-43(5,6)24-32(45-33)26(4)40-36(28-19-15-12-16-20-28)38(42(50)52-10-2)30(48-40)22-34-44(7,8)23-31(46-34)25(3)39(47-29)35(37)27-17-13-11-14-18-27/h11-22,47-48H,9-10,23-24H2,1-8H3. The second-order valence-corrected chi connectivity index (χ2v) is 15.0. The number of hydrogen-bond acceptors (Lipinski definition) is 6. The molecule has 266 valence electrons. The van der Waals surface area contributed by atoms with E-state index in [2.05, 4.69) is 51.5 Å². The van der Waals surface area contributed by atoms with Crippen LogP contribution in [-0.4, -0.2) is 45.1 Å². The van der Waals surface area contributed by atoms with Crippen LogP contribution in [0, 0.1) is 13.8 Å². The van der Waals surface area contributed by atoms with E-state index in [1.165, 1.54) is 0 Å². The van der Waals surface area contributed by atoms with Gasteiger partial charge in [0.2, 0.25) is 0 Å². The molecule has 0 fully saturated rings. The predicted molar refractivity (Wildman–Crippen MR) is 207 cm³/mol. The molecule has 0 aliphatic carbocycles. The quantitative estimate of drug-likeness (QED) is 0.171. The molecule has 8 heteroatoms. The summed E-state index contributed by atoms with van der Waals surface area (Å²) >= 11 is 0. The topological polar surface area (TPSA) is 110 Å². The van der Waals surface area contributed by atoms with Crippen molar-refractivity contribution < 1.29 is 19.1 Å². The van der Waals surface area contributed by atoms with Crippen molar-refractivity contribution in [3.05, 3.63) is 118 Å². The van der Waals surface area contributed by atoms with Crippen LogP contribution in [0.2, 0.25) is 0 Å². The van der Waals surface area contributed by atoms with Crippen LogP contribution in [0.15, 0.2) is 72.8 Å². The third kappa shape index (κ3) is 6.00. The third-order valence-electron chi connectivity index (χ3n) is 10.4. The minimum atomic E-state index is -0.393. The van der Waals surface area contributed by atoms with E-state index in [1.54, 1.807) is 0 Å². The molecule has 2 aromatic carbocycles. The van der Waals surface area contributed by atoms with Gasteiger partial charge in [0, 0.05) is 57.6 Å². The summed E-state index contributed by atoms with van der Waals surface area (Å²) in [5.74, 6) is -0.785. The Morgan fingerprint density at radius 2 is 1.00 bits per heavy atom. The maximum atomic E-state index is 14.0. The van der Waals surface area contributed by atoms with Gasteiger partial charge < -0.3 is 19.4 Å². The first-order valence-electron chi connectivity index (χ1n) is 18.1. The summed E-state index contributed by atoms with van der Waals surface area (Å²) in [5, 5.41) is 0. The lowest BCUT2D eigenvalue weighted by Gasteiger charge is -2.16. The minimum Gasteiger partial charge on any atom is -0.462 e. The van der Waals surface area contributed by atoms with Gasteiger partial charge in [-0.05, 0) is 62.1 Å². The number of ether oxygens (including phenoxy) is 2. The van der Waals surface area contributed by atoms with Crippen molar-refractivity contribution in [2.75, 3.05) is 13.2 Å².